The van der Waals surface area contributed by atoms with E-state index in [-0.39, 0.29) is 11.6 Å². The normalized spacial score (nSPS) is 11.0. The Labute approximate surface area is 96.5 Å². The Hall–Kier alpha value is -1.58. The van der Waals surface area contributed by atoms with Crippen LogP contribution in [0.25, 0.3) is 0 Å². The lowest BCUT2D eigenvalue weighted by Crippen LogP contribution is -2.43. The van der Waals surface area contributed by atoms with Crippen LogP contribution in [0.3, 0.4) is 0 Å². The van der Waals surface area contributed by atoms with Crippen LogP contribution in [0.2, 0.25) is 0 Å². The summed E-state index contributed by atoms with van der Waals surface area (Å²) in [5, 5.41) is 5.53. The van der Waals surface area contributed by atoms with E-state index in [0.29, 0.717) is 5.82 Å². The number of aromatic nitrogens is 1. The monoisotopic (exact) mass is 221 g/mol. The van der Waals surface area contributed by atoms with Crippen LogP contribution in [-0.4, -0.2) is 16.6 Å². The van der Waals surface area contributed by atoms with Gasteiger partial charge in [-0.25, -0.2) is 9.78 Å². The number of carbonyl (C=O) groups excluding carboxylic acids is 1. The van der Waals surface area contributed by atoms with Crippen LogP contribution in [-0.2, 0) is 6.42 Å². The first-order chi connectivity index (χ1) is 7.40. The molecule has 88 valence electrons. The molecule has 0 unspecified atom stereocenters. The van der Waals surface area contributed by atoms with E-state index >= 15 is 0 Å². The summed E-state index contributed by atoms with van der Waals surface area (Å²) in [6.45, 7) is 7.83. The molecule has 0 aliphatic heterocycles. The predicted molar refractivity (Wildman–Crippen MR) is 65.5 cm³/mol. The van der Waals surface area contributed by atoms with Gasteiger partial charge >= 0.3 is 6.03 Å². The summed E-state index contributed by atoms with van der Waals surface area (Å²) < 4.78 is 0. The maximum atomic E-state index is 11.6. The van der Waals surface area contributed by atoms with E-state index in [1.807, 2.05) is 39.8 Å². The van der Waals surface area contributed by atoms with E-state index < -0.39 is 0 Å². The zero-order valence-corrected chi connectivity index (χ0v) is 10.3. The molecular formula is C12H19N3O. The fraction of sp³-hybridized carbons (Fsp3) is 0.500. The number of rotatable bonds is 2. The highest BCUT2D eigenvalue weighted by Crippen LogP contribution is 2.06. The molecule has 0 fully saturated rings. The van der Waals surface area contributed by atoms with Gasteiger partial charge in [0.15, 0.2) is 0 Å². The molecule has 4 heteroatoms. The van der Waals surface area contributed by atoms with Gasteiger partial charge in [-0.1, -0.05) is 13.0 Å². The number of nitrogens with zero attached hydrogens (tertiary/aromatic N) is 1. The molecule has 2 N–H and O–H groups in total. The summed E-state index contributed by atoms with van der Waals surface area (Å²) in [6, 6.07) is 5.38. The number of amides is 2. The molecule has 0 aliphatic rings. The Morgan fingerprint density at radius 3 is 2.62 bits per heavy atom. The van der Waals surface area contributed by atoms with E-state index in [2.05, 4.69) is 15.6 Å². The van der Waals surface area contributed by atoms with Crippen LogP contribution in [0, 0.1) is 0 Å². The third-order valence-electron chi connectivity index (χ3n) is 1.90. The van der Waals surface area contributed by atoms with Gasteiger partial charge < -0.3 is 5.32 Å². The van der Waals surface area contributed by atoms with Gasteiger partial charge in [0, 0.05) is 11.2 Å². The lowest BCUT2D eigenvalue weighted by Gasteiger charge is -2.20. The molecule has 1 aromatic rings. The first kappa shape index (κ1) is 12.5. The smallest absolute Gasteiger partial charge is 0.320 e. The first-order valence-electron chi connectivity index (χ1n) is 5.46. The van der Waals surface area contributed by atoms with Gasteiger partial charge in [0.2, 0.25) is 0 Å². The molecule has 1 heterocycles. The van der Waals surface area contributed by atoms with Crippen molar-refractivity contribution in [2.75, 3.05) is 5.32 Å². The number of carbonyl (C=O) groups is 1. The van der Waals surface area contributed by atoms with Gasteiger partial charge in [0.05, 0.1) is 0 Å². The average molecular weight is 221 g/mol. The van der Waals surface area contributed by atoms with Gasteiger partial charge in [-0.15, -0.1) is 0 Å². The number of urea groups is 1. The molecular weight excluding hydrogens is 202 g/mol. The van der Waals surface area contributed by atoms with Crippen LogP contribution < -0.4 is 10.6 Å². The van der Waals surface area contributed by atoms with E-state index in [4.69, 9.17) is 0 Å². The van der Waals surface area contributed by atoms with Crippen molar-refractivity contribution in [3.63, 3.8) is 0 Å². The van der Waals surface area contributed by atoms with Crippen molar-refractivity contribution in [1.82, 2.24) is 10.3 Å². The third-order valence-corrected chi connectivity index (χ3v) is 1.90. The zero-order chi connectivity index (χ0) is 12.2. The Kier molecular flexibility index (Phi) is 3.88. The summed E-state index contributed by atoms with van der Waals surface area (Å²) in [7, 11) is 0. The quantitative estimate of drug-likeness (QED) is 0.806. The first-order valence-corrected chi connectivity index (χ1v) is 5.46. The highest BCUT2D eigenvalue weighted by atomic mass is 16.2. The van der Waals surface area contributed by atoms with Gasteiger partial charge in [-0.2, -0.15) is 0 Å². The number of hydrogen-bond donors (Lipinski definition) is 2. The molecule has 0 aromatic carbocycles. The summed E-state index contributed by atoms with van der Waals surface area (Å²) in [6.07, 6.45) is 0.858. The van der Waals surface area contributed by atoms with Gasteiger partial charge in [-0.05, 0) is 39.3 Å². The summed E-state index contributed by atoms with van der Waals surface area (Å²) in [5.41, 5.74) is 0.723. The molecule has 0 saturated heterocycles. The Morgan fingerprint density at radius 1 is 1.38 bits per heavy atom. The second kappa shape index (κ2) is 4.96. The van der Waals surface area contributed by atoms with Crippen LogP contribution in [0.5, 0.6) is 0 Å². The maximum absolute atomic E-state index is 11.6. The van der Waals surface area contributed by atoms with Crippen molar-refractivity contribution in [1.29, 1.82) is 0 Å². The molecule has 0 aliphatic carbocycles. The predicted octanol–water partition coefficient (Wildman–Crippen LogP) is 2.56. The lowest BCUT2D eigenvalue weighted by atomic mass is 10.1. The molecule has 0 atom stereocenters. The Balaban J connectivity index is 2.62. The number of pyridine rings is 1. The Bertz CT molecular complexity index is 369. The summed E-state index contributed by atoms with van der Waals surface area (Å²) in [5.74, 6) is 0.584. The molecule has 0 saturated carbocycles. The fourth-order valence-corrected chi connectivity index (χ4v) is 1.23. The molecule has 2 amide bonds. The molecule has 4 nitrogen and oxygen atoms in total. The zero-order valence-electron chi connectivity index (χ0n) is 10.3. The summed E-state index contributed by atoms with van der Waals surface area (Å²) in [4.78, 5) is 15.9. The highest BCUT2D eigenvalue weighted by Gasteiger charge is 2.13. The van der Waals surface area contributed by atoms with E-state index in [1.165, 1.54) is 0 Å². The second-order valence-electron chi connectivity index (χ2n) is 4.70. The van der Waals surface area contributed by atoms with Crippen molar-refractivity contribution >= 4 is 11.8 Å². The summed E-state index contributed by atoms with van der Waals surface area (Å²) >= 11 is 0. The average Bonchev–Trinajstić information content (AvgIpc) is 2.15. The third kappa shape index (κ3) is 4.29. The van der Waals surface area contributed by atoms with Crippen molar-refractivity contribution < 1.29 is 4.79 Å². The molecule has 16 heavy (non-hydrogen) atoms. The lowest BCUT2D eigenvalue weighted by molar-refractivity contribution is 0.243. The molecule has 0 spiro atoms. The second-order valence-corrected chi connectivity index (χ2v) is 4.70. The molecule has 0 bridgehead atoms. The van der Waals surface area contributed by atoms with Crippen molar-refractivity contribution in [2.24, 2.45) is 0 Å². The SMILES string of the molecule is CCc1cccc(NC(=O)NC(C)(C)C)n1. The molecule has 0 radical (unpaired) electrons. The van der Waals surface area contributed by atoms with Gasteiger partial charge in [0.25, 0.3) is 0 Å². The highest BCUT2D eigenvalue weighted by molar-refractivity contribution is 5.88. The van der Waals surface area contributed by atoms with Crippen molar-refractivity contribution in [2.45, 2.75) is 39.7 Å². The Morgan fingerprint density at radius 2 is 2.06 bits per heavy atom. The van der Waals surface area contributed by atoms with E-state index in [0.717, 1.165) is 12.1 Å². The fourth-order valence-electron chi connectivity index (χ4n) is 1.23. The number of anilines is 1. The topological polar surface area (TPSA) is 54.0 Å². The number of nitrogens with one attached hydrogen (secondary N) is 2. The molecule has 1 rings (SSSR count). The number of hydrogen-bond acceptors (Lipinski definition) is 2. The van der Waals surface area contributed by atoms with Crippen molar-refractivity contribution in [3.05, 3.63) is 23.9 Å². The van der Waals surface area contributed by atoms with E-state index in [1.54, 1.807) is 6.07 Å². The largest absolute Gasteiger partial charge is 0.333 e. The van der Waals surface area contributed by atoms with E-state index in [9.17, 15) is 4.79 Å². The van der Waals surface area contributed by atoms with Crippen LogP contribution in [0.15, 0.2) is 18.2 Å². The maximum Gasteiger partial charge on any atom is 0.320 e. The number of aryl methyl sites for hydroxylation is 1. The van der Waals surface area contributed by atoms with Gasteiger partial charge in [0.1, 0.15) is 5.82 Å². The molecule has 1 aromatic heterocycles. The van der Waals surface area contributed by atoms with Crippen LogP contribution in [0.4, 0.5) is 10.6 Å². The minimum atomic E-state index is -0.244. The van der Waals surface area contributed by atoms with Crippen molar-refractivity contribution in [3.8, 4) is 0 Å². The van der Waals surface area contributed by atoms with Crippen LogP contribution >= 0.6 is 0 Å². The van der Waals surface area contributed by atoms with Crippen LogP contribution in [0.1, 0.15) is 33.4 Å². The minimum absolute atomic E-state index is 0.228. The standard InChI is InChI=1S/C12H19N3O/c1-5-9-7-6-8-10(13-9)14-11(16)15-12(2,3)4/h6-8H,5H2,1-4H3,(H2,13,14,15,16). The minimum Gasteiger partial charge on any atom is -0.333 e. The van der Waals surface area contributed by atoms with Gasteiger partial charge in [-0.3, -0.25) is 5.32 Å².